The van der Waals surface area contributed by atoms with Gasteiger partial charge in [-0.3, -0.25) is 0 Å². The summed E-state index contributed by atoms with van der Waals surface area (Å²) in [4.78, 5) is 0. The van der Waals surface area contributed by atoms with E-state index in [1.807, 2.05) is 4.50 Å². The van der Waals surface area contributed by atoms with Gasteiger partial charge in [0.25, 0.3) is 0 Å². The van der Waals surface area contributed by atoms with Crippen molar-refractivity contribution in [2.24, 2.45) is 0 Å². The molecule has 1 heterocycles. The Hall–Kier alpha value is 0.0475. The first kappa shape index (κ1) is 18.4. The molecule has 0 unspecified atom stereocenters. The lowest BCUT2D eigenvalue weighted by Gasteiger charge is -2.56. The first-order valence-electron chi connectivity index (χ1n) is 8.31. The highest BCUT2D eigenvalue weighted by Gasteiger charge is 2.63. The summed E-state index contributed by atoms with van der Waals surface area (Å²) in [7, 11) is -3.72. The van der Waals surface area contributed by atoms with Crippen molar-refractivity contribution in [1.82, 2.24) is 0 Å². The smallest absolute Gasteiger partial charge is 0.0807 e. The van der Waals surface area contributed by atoms with Crippen molar-refractivity contribution in [3.63, 3.8) is 0 Å². The van der Waals surface area contributed by atoms with Crippen LogP contribution in [0.25, 0.3) is 10.1 Å². The lowest BCUT2D eigenvalue weighted by molar-refractivity contribution is 1.74. The molecule has 0 aliphatic carbocycles. The van der Waals surface area contributed by atoms with Gasteiger partial charge in [-0.1, -0.05) is 77.1 Å². The van der Waals surface area contributed by atoms with Gasteiger partial charge in [0.15, 0.2) is 0 Å². The number of fused-ring (bicyclic) bond motifs is 1. The van der Waals surface area contributed by atoms with Crippen LogP contribution in [-0.4, -0.2) is 29.4 Å². The molecule has 1 aromatic carbocycles. The molecule has 0 N–H and O–H groups in total. The lowest BCUT2D eigenvalue weighted by atomic mass is 10.3. The molecule has 0 saturated heterocycles. The van der Waals surface area contributed by atoms with Crippen LogP contribution in [0.3, 0.4) is 0 Å². The van der Waals surface area contributed by atoms with Crippen LogP contribution in [-0.2, 0) is 0 Å². The van der Waals surface area contributed by atoms with Crippen LogP contribution in [0.5, 0.6) is 0 Å². The molecular weight excluding hydrogens is 349 g/mol. The highest BCUT2D eigenvalue weighted by molar-refractivity contribution is 7.94. The summed E-state index contributed by atoms with van der Waals surface area (Å²) in [5.41, 5.74) is 0. The van der Waals surface area contributed by atoms with Gasteiger partial charge in [-0.25, -0.2) is 0 Å². The molecule has 0 amide bonds. The summed E-state index contributed by atoms with van der Waals surface area (Å²) >= 11 is 2.15. The predicted octanol–water partition coefficient (Wildman–Crippen LogP) is 5.81. The summed E-state index contributed by atoms with van der Waals surface area (Å²) in [5.74, 6) is 0. The molecule has 2 rings (SSSR count). The fourth-order valence-corrected chi connectivity index (χ4v) is 115. The van der Waals surface area contributed by atoms with Crippen molar-refractivity contribution in [2.75, 3.05) is 0 Å². The normalized spacial score (nSPS) is 14.6. The van der Waals surface area contributed by atoms with Crippen molar-refractivity contribution in [3.05, 3.63) is 30.3 Å². The number of rotatable bonds is 4. The topological polar surface area (TPSA) is 0 Å². The van der Waals surface area contributed by atoms with E-state index in [0.717, 1.165) is 0 Å². The predicted molar refractivity (Wildman–Crippen MR) is 117 cm³/mol. The molecule has 0 aliphatic heterocycles. The van der Waals surface area contributed by atoms with Crippen LogP contribution < -0.4 is 4.50 Å². The molecule has 0 spiro atoms. The fraction of sp³-hybridized carbons (Fsp3) is 0.529. The maximum absolute atomic E-state index is 2.68. The molecule has 0 atom stereocenters. The van der Waals surface area contributed by atoms with Crippen LogP contribution in [0.15, 0.2) is 30.3 Å². The number of hydrogen-bond donors (Lipinski definition) is 0. The van der Waals surface area contributed by atoms with Crippen LogP contribution >= 0.6 is 11.3 Å². The Morgan fingerprint density at radius 3 is 1.55 bits per heavy atom. The van der Waals surface area contributed by atoms with E-state index in [1.165, 1.54) is 10.1 Å². The van der Waals surface area contributed by atoms with E-state index >= 15 is 0 Å². The minimum atomic E-state index is -1.42. The van der Waals surface area contributed by atoms with Crippen molar-refractivity contribution in [1.29, 1.82) is 0 Å². The third kappa shape index (κ3) is 2.68. The minimum Gasteiger partial charge on any atom is -0.146 e. The number of benzene rings is 1. The zero-order valence-corrected chi connectivity index (χ0v) is 20.6. The minimum absolute atomic E-state index is 1.24. The van der Waals surface area contributed by atoms with Gasteiger partial charge in [0, 0.05) is 27.5 Å². The maximum atomic E-state index is 2.68. The molecule has 0 fully saturated rings. The summed E-state index contributed by atoms with van der Waals surface area (Å²) in [5, 5.41) is 1.48. The quantitative estimate of drug-likeness (QED) is 0.587. The van der Waals surface area contributed by atoms with E-state index in [0.29, 0.717) is 0 Å². The van der Waals surface area contributed by atoms with E-state index < -0.39 is 29.4 Å². The summed E-state index contributed by atoms with van der Waals surface area (Å²) in [6.07, 6.45) is 0. The molecule has 0 nitrogen and oxygen atoms in total. The molecule has 122 valence electrons. The van der Waals surface area contributed by atoms with E-state index in [-0.39, 0.29) is 0 Å². The van der Waals surface area contributed by atoms with Gasteiger partial charge in [-0.15, -0.1) is 11.3 Å². The third-order valence-electron chi connectivity index (χ3n) is 5.17. The summed E-state index contributed by atoms with van der Waals surface area (Å²) < 4.78 is 3.36. The van der Waals surface area contributed by atoms with Crippen molar-refractivity contribution < 1.29 is 0 Å². The molecular formula is C17H32SSi4. The van der Waals surface area contributed by atoms with Gasteiger partial charge < -0.3 is 0 Å². The summed E-state index contributed by atoms with van der Waals surface area (Å²) in [6.45, 7) is 22.7. The zero-order chi connectivity index (χ0) is 17.0. The van der Waals surface area contributed by atoms with Gasteiger partial charge in [-0.05, 0) is 22.0 Å². The van der Waals surface area contributed by atoms with Gasteiger partial charge >= 0.3 is 0 Å². The first-order chi connectivity index (χ1) is 9.82. The molecule has 5 heteroatoms. The van der Waals surface area contributed by atoms with Crippen LogP contribution in [0.4, 0.5) is 0 Å². The van der Waals surface area contributed by atoms with Crippen molar-refractivity contribution >= 4 is 55.3 Å². The van der Waals surface area contributed by atoms with E-state index in [2.05, 4.69) is 101 Å². The molecule has 2 aromatic rings. The van der Waals surface area contributed by atoms with Gasteiger partial charge in [0.2, 0.25) is 0 Å². The monoisotopic (exact) mass is 380 g/mol. The Balaban J connectivity index is 2.89. The molecule has 0 aliphatic rings. The second-order valence-electron chi connectivity index (χ2n) is 9.65. The van der Waals surface area contributed by atoms with E-state index in [9.17, 15) is 0 Å². The van der Waals surface area contributed by atoms with Gasteiger partial charge in [-0.2, -0.15) is 0 Å². The molecule has 1 aromatic heterocycles. The standard InChI is InChI=1S/C17H32SSi4/c1-19(2,3)22(20(4,5)6,21(7,8)9)17-14-15-12-10-11-13-16(15)18-17/h10-14H,1-9H3. The Morgan fingerprint density at radius 1 is 0.682 bits per heavy atom. The highest BCUT2D eigenvalue weighted by atomic mass is 32.1. The molecule has 0 saturated carbocycles. The van der Waals surface area contributed by atoms with Crippen LogP contribution in [0.1, 0.15) is 0 Å². The van der Waals surface area contributed by atoms with Gasteiger partial charge in [0.1, 0.15) is 0 Å². The van der Waals surface area contributed by atoms with E-state index in [4.69, 9.17) is 0 Å². The Kier molecular flexibility index (Phi) is 4.64. The van der Waals surface area contributed by atoms with Crippen molar-refractivity contribution in [3.8, 4) is 0 Å². The largest absolute Gasteiger partial charge is 0.146 e. The fourth-order valence-electron chi connectivity index (χ4n) is 5.65. The highest BCUT2D eigenvalue weighted by Crippen LogP contribution is 2.39. The van der Waals surface area contributed by atoms with Crippen molar-refractivity contribution in [2.45, 2.75) is 58.9 Å². The average Bonchev–Trinajstić information content (AvgIpc) is 2.65. The molecule has 22 heavy (non-hydrogen) atoms. The average molecular weight is 381 g/mol. The zero-order valence-electron chi connectivity index (χ0n) is 15.8. The number of hydrogen-bond acceptors (Lipinski definition) is 1. The first-order valence-corrected chi connectivity index (χ1v) is 24.6. The maximum Gasteiger partial charge on any atom is 0.0807 e. The molecule has 0 bridgehead atoms. The summed E-state index contributed by atoms with van der Waals surface area (Å²) in [6, 6.07) is 11.6. The second-order valence-corrected chi connectivity index (χ2v) is 51.4. The van der Waals surface area contributed by atoms with Gasteiger partial charge in [0.05, 0.1) is 6.63 Å². The van der Waals surface area contributed by atoms with Crippen LogP contribution in [0, 0.1) is 0 Å². The third-order valence-corrected chi connectivity index (χ3v) is 79.8. The number of thiophene rings is 1. The van der Waals surface area contributed by atoms with E-state index in [1.54, 1.807) is 0 Å². The lowest BCUT2D eigenvalue weighted by Crippen LogP contribution is -2.87. The Labute approximate surface area is 144 Å². The molecule has 0 radical (unpaired) electrons. The van der Waals surface area contributed by atoms with Crippen LogP contribution in [0.2, 0.25) is 58.9 Å². The Morgan fingerprint density at radius 2 is 1.14 bits per heavy atom. The SMILES string of the molecule is C[Si](C)(C)[Si](c1cc2ccccc2s1)([Si](C)(C)C)[Si](C)(C)C. The second kappa shape index (κ2) is 5.55. The Bertz CT molecular complexity index is 599.